The van der Waals surface area contributed by atoms with Crippen molar-refractivity contribution in [2.24, 2.45) is 0 Å². The van der Waals surface area contributed by atoms with Crippen molar-refractivity contribution in [3.63, 3.8) is 0 Å². The lowest BCUT2D eigenvalue weighted by molar-refractivity contribution is 1.22. The zero-order chi connectivity index (χ0) is 28.1. The van der Waals surface area contributed by atoms with E-state index in [4.69, 9.17) is 9.97 Å². The van der Waals surface area contributed by atoms with Crippen LogP contribution in [0.1, 0.15) is 0 Å². The van der Waals surface area contributed by atoms with Gasteiger partial charge in [0, 0.05) is 35.9 Å². The van der Waals surface area contributed by atoms with Gasteiger partial charge in [-0.15, -0.1) is 0 Å². The van der Waals surface area contributed by atoms with Gasteiger partial charge in [-0.25, -0.2) is 4.98 Å². The van der Waals surface area contributed by atoms with Gasteiger partial charge in [0.05, 0.1) is 22.8 Å². The average Bonchev–Trinajstić information content (AvgIpc) is 3.09. The van der Waals surface area contributed by atoms with Crippen LogP contribution < -0.4 is 0 Å². The summed E-state index contributed by atoms with van der Waals surface area (Å²) >= 11 is 0. The summed E-state index contributed by atoms with van der Waals surface area (Å²) in [6.07, 6.45) is 7.41. The number of benzene rings is 3. The Balaban J connectivity index is 1.25. The quantitative estimate of drug-likeness (QED) is 0.212. The Morgan fingerprint density at radius 2 is 0.857 bits per heavy atom. The van der Waals surface area contributed by atoms with Crippen molar-refractivity contribution < 1.29 is 0 Å². The minimum Gasteiger partial charge on any atom is -0.264 e. The lowest BCUT2D eigenvalue weighted by atomic mass is 9.93. The zero-order valence-corrected chi connectivity index (χ0v) is 22.8. The molecular formula is C38H26N4. The molecule has 0 aliphatic rings. The first kappa shape index (κ1) is 25.2. The maximum absolute atomic E-state index is 4.82. The molecule has 0 amide bonds. The Morgan fingerprint density at radius 3 is 1.48 bits per heavy atom. The fraction of sp³-hybridized carbons (Fsp3) is 0. The van der Waals surface area contributed by atoms with Crippen LogP contribution in [0.4, 0.5) is 0 Å². The Labute approximate surface area is 245 Å². The normalized spacial score (nSPS) is 10.9. The van der Waals surface area contributed by atoms with E-state index in [9.17, 15) is 0 Å². The summed E-state index contributed by atoms with van der Waals surface area (Å²) in [5.74, 6) is 0. The average molecular weight is 539 g/mol. The molecule has 0 atom stereocenters. The molecule has 0 saturated carbocycles. The maximum atomic E-state index is 4.82. The summed E-state index contributed by atoms with van der Waals surface area (Å²) in [6.45, 7) is 0. The first-order valence-electron chi connectivity index (χ1n) is 13.9. The van der Waals surface area contributed by atoms with Crippen molar-refractivity contribution in [2.75, 3.05) is 0 Å². The molecule has 3 aromatic carbocycles. The summed E-state index contributed by atoms with van der Waals surface area (Å²) in [4.78, 5) is 18.4. The van der Waals surface area contributed by atoms with Crippen LogP contribution >= 0.6 is 0 Å². The van der Waals surface area contributed by atoms with E-state index in [2.05, 4.69) is 88.8 Å². The molecule has 0 unspecified atom stereocenters. The van der Waals surface area contributed by atoms with Crippen molar-refractivity contribution in [1.29, 1.82) is 0 Å². The molecule has 7 rings (SSSR count). The summed E-state index contributed by atoms with van der Waals surface area (Å²) in [5.41, 5.74) is 12.3. The van der Waals surface area contributed by atoms with Crippen LogP contribution in [-0.4, -0.2) is 19.9 Å². The van der Waals surface area contributed by atoms with Crippen LogP contribution in [0.25, 0.3) is 67.3 Å². The first-order chi connectivity index (χ1) is 20.8. The predicted molar refractivity (Wildman–Crippen MR) is 170 cm³/mol. The third-order valence-corrected chi connectivity index (χ3v) is 7.29. The van der Waals surface area contributed by atoms with Gasteiger partial charge in [0.25, 0.3) is 0 Å². The molecule has 7 aromatic rings. The molecule has 0 saturated heterocycles. The number of aromatic nitrogens is 4. The van der Waals surface area contributed by atoms with Gasteiger partial charge in [-0.05, 0) is 88.0 Å². The van der Waals surface area contributed by atoms with E-state index in [0.29, 0.717) is 0 Å². The molecule has 4 nitrogen and oxygen atoms in total. The van der Waals surface area contributed by atoms with E-state index in [1.807, 2.05) is 67.0 Å². The Kier molecular flexibility index (Phi) is 6.85. The van der Waals surface area contributed by atoms with Crippen LogP contribution in [0.2, 0.25) is 0 Å². The molecule has 0 N–H and O–H groups in total. The van der Waals surface area contributed by atoms with Gasteiger partial charge >= 0.3 is 0 Å². The van der Waals surface area contributed by atoms with Gasteiger partial charge in [0.1, 0.15) is 0 Å². The third kappa shape index (κ3) is 5.34. The molecule has 0 spiro atoms. The van der Waals surface area contributed by atoms with Gasteiger partial charge in [0.2, 0.25) is 0 Å². The number of hydrogen-bond donors (Lipinski definition) is 0. The van der Waals surface area contributed by atoms with Gasteiger partial charge < -0.3 is 0 Å². The van der Waals surface area contributed by atoms with Gasteiger partial charge in [-0.1, -0.05) is 78.9 Å². The summed E-state index contributed by atoms with van der Waals surface area (Å²) in [7, 11) is 0. The molecule has 0 aliphatic carbocycles. The number of hydrogen-bond acceptors (Lipinski definition) is 4. The van der Waals surface area contributed by atoms with Crippen molar-refractivity contribution in [2.45, 2.75) is 0 Å². The molecular weight excluding hydrogens is 512 g/mol. The molecule has 4 aromatic heterocycles. The molecule has 198 valence electrons. The van der Waals surface area contributed by atoms with Gasteiger partial charge in [-0.3, -0.25) is 15.0 Å². The zero-order valence-electron chi connectivity index (χ0n) is 22.8. The molecule has 0 bridgehead atoms. The molecule has 4 heterocycles. The standard InChI is InChI=1S/C38H26N4/c1-2-8-27(9-3-1)28-14-16-29(17-15-28)32-22-33(30-10-7-20-39-25-30)24-34(23-32)31-18-19-36(41-26-31)38-13-6-12-37(42-38)35-11-4-5-21-40-35/h1-26H. The minimum absolute atomic E-state index is 0.813. The van der Waals surface area contributed by atoms with Crippen molar-refractivity contribution in [3.05, 3.63) is 158 Å². The Morgan fingerprint density at radius 1 is 0.310 bits per heavy atom. The van der Waals surface area contributed by atoms with E-state index in [1.165, 1.54) is 11.1 Å². The minimum atomic E-state index is 0.813. The van der Waals surface area contributed by atoms with E-state index in [0.717, 1.165) is 56.2 Å². The molecule has 0 radical (unpaired) electrons. The second kappa shape index (κ2) is 11.4. The van der Waals surface area contributed by atoms with Crippen molar-refractivity contribution in [3.8, 4) is 67.3 Å². The highest BCUT2D eigenvalue weighted by Gasteiger charge is 2.10. The second-order valence-corrected chi connectivity index (χ2v) is 10.0. The van der Waals surface area contributed by atoms with Crippen LogP contribution in [0.3, 0.4) is 0 Å². The topological polar surface area (TPSA) is 51.6 Å². The number of rotatable bonds is 6. The molecule has 42 heavy (non-hydrogen) atoms. The first-order valence-corrected chi connectivity index (χ1v) is 13.9. The van der Waals surface area contributed by atoms with Crippen LogP contribution in [0.5, 0.6) is 0 Å². The highest BCUT2D eigenvalue weighted by atomic mass is 14.8. The van der Waals surface area contributed by atoms with Crippen LogP contribution in [0.15, 0.2) is 158 Å². The predicted octanol–water partition coefficient (Wildman–Crippen LogP) is 9.27. The lowest BCUT2D eigenvalue weighted by Crippen LogP contribution is -1.92. The van der Waals surface area contributed by atoms with Gasteiger partial charge in [0.15, 0.2) is 0 Å². The summed E-state index contributed by atoms with van der Waals surface area (Å²) in [6, 6.07) is 45.9. The molecule has 0 aliphatic heterocycles. The van der Waals surface area contributed by atoms with E-state index in [-0.39, 0.29) is 0 Å². The van der Waals surface area contributed by atoms with Crippen LogP contribution in [-0.2, 0) is 0 Å². The smallest absolute Gasteiger partial charge is 0.0894 e. The SMILES string of the molecule is c1ccc(-c2ccc(-c3cc(-c4cccnc4)cc(-c4ccc(-c5cccc(-c6ccccn6)n5)nc4)c3)cc2)cc1. The Bertz CT molecular complexity index is 1940. The largest absolute Gasteiger partial charge is 0.264 e. The lowest BCUT2D eigenvalue weighted by Gasteiger charge is -2.12. The number of nitrogens with zero attached hydrogens (tertiary/aromatic N) is 4. The van der Waals surface area contributed by atoms with Crippen LogP contribution in [0, 0.1) is 0 Å². The third-order valence-electron chi connectivity index (χ3n) is 7.29. The molecule has 4 heteroatoms. The molecule has 0 fully saturated rings. The highest BCUT2D eigenvalue weighted by Crippen LogP contribution is 2.34. The fourth-order valence-corrected chi connectivity index (χ4v) is 5.10. The fourth-order valence-electron chi connectivity index (χ4n) is 5.10. The monoisotopic (exact) mass is 538 g/mol. The Hall–Kier alpha value is -5.74. The second-order valence-electron chi connectivity index (χ2n) is 10.0. The number of pyridine rings is 4. The van der Waals surface area contributed by atoms with Gasteiger partial charge in [-0.2, -0.15) is 0 Å². The maximum Gasteiger partial charge on any atom is 0.0894 e. The highest BCUT2D eigenvalue weighted by molar-refractivity contribution is 5.82. The van der Waals surface area contributed by atoms with Crippen molar-refractivity contribution >= 4 is 0 Å². The van der Waals surface area contributed by atoms with Crippen molar-refractivity contribution in [1.82, 2.24) is 19.9 Å². The van der Waals surface area contributed by atoms with E-state index in [1.54, 1.807) is 12.4 Å². The summed E-state index contributed by atoms with van der Waals surface area (Å²) < 4.78 is 0. The van der Waals surface area contributed by atoms with E-state index < -0.39 is 0 Å². The summed E-state index contributed by atoms with van der Waals surface area (Å²) in [5, 5.41) is 0. The van der Waals surface area contributed by atoms with E-state index >= 15 is 0 Å².